The van der Waals surface area contributed by atoms with Gasteiger partial charge in [-0.2, -0.15) is 0 Å². The molecule has 2 heterocycles. The van der Waals surface area contributed by atoms with Crippen LogP contribution in [0.2, 0.25) is 0 Å². The average molecular weight is 303 g/mol. The summed E-state index contributed by atoms with van der Waals surface area (Å²) in [6.45, 7) is 5.38. The number of hydrogen-bond donors (Lipinski definition) is 1. The predicted octanol–water partition coefficient (Wildman–Crippen LogP) is 3.76. The zero-order chi connectivity index (χ0) is 14.5. The first-order chi connectivity index (χ1) is 10.4. The van der Waals surface area contributed by atoms with Crippen LogP contribution in [0.25, 0.3) is 0 Å². The third kappa shape index (κ3) is 3.39. The molecular formula is C17H21NO2S. The highest BCUT2D eigenvalue weighted by molar-refractivity contribution is 7.10. The van der Waals surface area contributed by atoms with Crippen molar-refractivity contribution >= 4 is 11.3 Å². The quantitative estimate of drug-likeness (QED) is 0.912. The smallest absolute Gasteiger partial charge is 0.165 e. The number of benzene rings is 1. The van der Waals surface area contributed by atoms with Gasteiger partial charge in [0.1, 0.15) is 0 Å². The van der Waals surface area contributed by atoms with Crippen LogP contribution in [0.5, 0.6) is 11.5 Å². The summed E-state index contributed by atoms with van der Waals surface area (Å²) in [5.74, 6) is 1.78. The summed E-state index contributed by atoms with van der Waals surface area (Å²) in [7, 11) is 0. The van der Waals surface area contributed by atoms with Crippen molar-refractivity contribution in [3.8, 4) is 11.5 Å². The van der Waals surface area contributed by atoms with Gasteiger partial charge in [-0.3, -0.25) is 0 Å². The van der Waals surface area contributed by atoms with Crippen LogP contribution < -0.4 is 14.8 Å². The predicted molar refractivity (Wildman–Crippen MR) is 86.3 cm³/mol. The number of nitrogens with one attached hydrogen (secondary N) is 1. The van der Waals surface area contributed by atoms with Gasteiger partial charge in [-0.25, -0.2) is 0 Å². The van der Waals surface area contributed by atoms with E-state index in [1.807, 2.05) is 23.5 Å². The number of fused-ring (bicyclic) bond motifs is 1. The van der Waals surface area contributed by atoms with E-state index in [1.165, 1.54) is 16.0 Å². The third-order valence-corrected chi connectivity index (χ3v) is 4.64. The Morgan fingerprint density at radius 1 is 1.10 bits per heavy atom. The van der Waals surface area contributed by atoms with Crippen molar-refractivity contribution in [3.63, 3.8) is 0 Å². The van der Waals surface area contributed by atoms with Gasteiger partial charge in [0.2, 0.25) is 0 Å². The van der Waals surface area contributed by atoms with Crippen LogP contribution in [0.3, 0.4) is 0 Å². The molecule has 1 aliphatic rings. The van der Waals surface area contributed by atoms with Gasteiger partial charge in [0.05, 0.1) is 13.2 Å². The molecule has 0 radical (unpaired) electrons. The molecule has 4 heteroatoms. The number of hydrogen-bond acceptors (Lipinski definition) is 4. The largest absolute Gasteiger partial charge is 0.490 e. The van der Waals surface area contributed by atoms with Gasteiger partial charge in [0.15, 0.2) is 11.5 Å². The lowest BCUT2D eigenvalue weighted by atomic mass is 10.1. The molecule has 0 unspecified atom stereocenters. The van der Waals surface area contributed by atoms with Gasteiger partial charge in [0, 0.05) is 30.0 Å². The van der Waals surface area contributed by atoms with Crippen LogP contribution in [-0.4, -0.2) is 13.2 Å². The van der Waals surface area contributed by atoms with Gasteiger partial charge < -0.3 is 14.8 Å². The summed E-state index contributed by atoms with van der Waals surface area (Å²) in [5.41, 5.74) is 2.61. The molecule has 1 aromatic heterocycles. The summed E-state index contributed by atoms with van der Waals surface area (Å²) in [5, 5.41) is 5.69. The summed E-state index contributed by atoms with van der Waals surface area (Å²) in [4.78, 5) is 1.43. The lowest BCUT2D eigenvalue weighted by Gasteiger charge is -2.13. The van der Waals surface area contributed by atoms with Crippen molar-refractivity contribution < 1.29 is 9.47 Å². The molecule has 3 nitrogen and oxygen atoms in total. The van der Waals surface area contributed by atoms with E-state index in [4.69, 9.17) is 9.47 Å². The van der Waals surface area contributed by atoms with E-state index in [2.05, 4.69) is 29.8 Å². The Balaban J connectivity index is 1.65. The molecule has 1 N–H and O–H groups in total. The van der Waals surface area contributed by atoms with E-state index in [1.54, 1.807) is 0 Å². The van der Waals surface area contributed by atoms with E-state index in [9.17, 15) is 0 Å². The van der Waals surface area contributed by atoms with E-state index in [-0.39, 0.29) is 0 Å². The summed E-state index contributed by atoms with van der Waals surface area (Å²) >= 11 is 1.82. The highest BCUT2D eigenvalue weighted by Crippen LogP contribution is 2.33. The zero-order valence-electron chi connectivity index (χ0n) is 12.4. The Morgan fingerprint density at radius 3 is 2.90 bits per heavy atom. The van der Waals surface area contributed by atoms with Crippen molar-refractivity contribution in [2.24, 2.45) is 0 Å². The molecule has 112 valence electrons. The van der Waals surface area contributed by atoms with Crippen molar-refractivity contribution in [1.29, 1.82) is 0 Å². The van der Waals surface area contributed by atoms with Crippen LogP contribution in [-0.2, 0) is 19.5 Å². The minimum absolute atomic E-state index is 0.731. The molecule has 3 rings (SSSR count). The van der Waals surface area contributed by atoms with E-state index >= 15 is 0 Å². The highest BCUT2D eigenvalue weighted by Gasteiger charge is 2.14. The number of thiophene rings is 1. The van der Waals surface area contributed by atoms with Crippen molar-refractivity contribution in [2.45, 2.75) is 32.9 Å². The molecule has 21 heavy (non-hydrogen) atoms. The van der Waals surface area contributed by atoms with Crippen LogP contribution in [0.4, 0.5) is 0 Å². The summed E-state index contributed by atoms with van der Waals surface area (Å²) in [6, 6.07) is 8.34. The second kappa shape index (κ2) is 6.96. The first kappa shape index (κ1) is 14.4. The maximum atomic E-state index is 5.85. The van der Waals surface area contributed by atoms with E-state index in [0.717, 1.165) is 50.6 Å². The second-order valence-corrected chi connectivity index (χ2v) is 6.12. The highest BCUT2D eigenvalue weighted by atomic mass is 32.1. The lowest BCUT2D eigenvalue weighted by Crippen LogP contribution is -2.13. The Morgan fingerprint density at radius 2 is 2.00 bits per heavy atom. The first-order valence-electron chi connectivity index (χ1n) is 7.52. The van der Waals surface area contributed by atoms with Crippen molar-refractivity contribution in [2.75, 3.05) is 13.2 Å². The molecule has 0 atom stereocenters. The van der Waals surface area contributed by atoms with Crippen LogP contribution in [0.15, 0.2) is 29.6 Å². The zero-order valence-corrected chi connectivity index (χ0v) is 13.2. The second-order valence-electron chi connectivity index (χ2n) is 5.12. The fourth-order valence-corrected chi connectivity index (χ4v) is 3.49. The van der Waals surface area contributed by atoms with Gasteiger partial charge in [0.25, 0.3) is 0 Å². The van der Waals surface area contributed by atoms with Gasteiger partial charge in [-0.05, 0) is 29.5 Å². The Bertz CT molecular complexity index is 594. The molecule has 0 amide bonds. The molecule has 0 spiro atoms. The standard InChI is InChI=1S/C17H21NO2S/c1-2-13-7-10-21-16(13)12-18-11-14-5-3-6-15-17(14)20-9-4-8-19-15/h3,5-7,10,18H,2,4,8-9,11-12H2,1H3. The fraction of sp³-hybridized carbons (Fsp3) is 0.412. The molecular weight excluding hydrogens is 282 g/mol. The fourth-order valence-electron chi connectivity index (χ4n) is 2.54. The molecule has 0 bridgehead atoms. The van der Waals surface area contributed by atoms with Crippen LogP contribution in [0.1, 0.15) is 29.3 Å². The number of ether oxygens (including phenoxy) is 2. The normalized spacial score (nSPS) is 14.0. The summed E-state index contributed by atoms with van der Waals surface area (Å²) < 4.78 is 11.6. The van der Waals surface area contributed by atoms with Crippen LogP contribution in [0, 0.1) is 0 Å². The third-order valence-electron chi connectivity index (χ3n) is 3.67. The number of rotatable bonds is 5. The van der Waals surface area contributed by atoms with E-state index < -0.39 is 0 Å². The van der Waals surface area contributed by atoms with Crippen molar-refractivity contribution in [3.05, 3.63) is 45.6 Å². The Kier molecular flexibility index (Phi) is 4.78. The molecule has 0 aliphatic carbocycles. The number of para-hydroxylation sites is 1. The average Bonchev–Trinajstić information content (AvgIpc) is 2.82. The van der Waals surface area contributed by atoms with Gasteiger partial charge >= 0.3 is 0 Å². The van der Waals surface area contributed by atoms with E-state index in [0.29, 0.717) is 0 Å². The lowest BCUT2D eigenvalue weighted by molar-refractivity contribution is 0.296. The minimum atomic E-state index is 0.731. The maximum Gasteiger partial charge on any atom is 0.165 e. The van der Waals surface area contributed by atoms with Gasteiger partial charge in [-0.15, -0.1) is 11.3 Å². The SMILES string of the molecule is CCc1ccsc1CNCc1cccc2c1OCCCO2. The van der Waals surface area contributed by atoms with Gasteiger partial charge in [-0.1, -0.05) is 19.1 Å². The first-order valence-corrected chi connectivity index (χ1v) is 8.40. The minimum Gasteiger partial charge on any atom is -0.490 e. The summed E-state index contributed by atoms with van der Waals surface area (Å²) in [6.07, 6.45) is 2.04. The maximum absolute atomic E-state index is 5.85. The monoisotopic (exact) mass is 303 g/mol. The molecule has 0 saturated carbocycles. The van der Waals surface area contributed by atoms with Crippen LogP contribution >= 0.6 is 11.3 Å². The molecule has 1 aromatic carbocycles. The molecule has 0 saturated heterocycles. The molecule has 1 aliphatic heterocycles. The topological polar surface area (TPSA) is 30.5 Å². The Labute approximate surface area is 129 Å². The Hall–Kier alpha value is -1.52. The molecule has 0 fully saturated rings. The molecule has 2 aromatic rings. The van der Waals surface area contributed by atoms with Crippen molar-refractivity contribution in [1.82, 2.24) is 5.32 Å². The number of aryl methyl sites for hydroxylation is 1.